The van der Waals surface area contributed by atoms with Crippen molar-refractivity contribution in [2.45, 2.75) is 17.9 Å². The zero-order valence-corrected chi connectivity index (χ0v) is 21.0. The molecule has 1 heterocycles. The molecular weight excluding hydrogens is 468 g/mol. The summed E-state index contributed by atoms with van der Waals surface area (Å²) in [7, 11) is 2.30. The van der Waals surface area contributed by atoms with E-state index in [1.165, 1.54) is 4.41 Å². The van der Waals surface area contributed by atoms with Gasteiger partial charge in [-0.2, -0.15) is 0 Å². The molecule has 1 atom stereocenters. The van der Waals surface area contributed by atoms with E-state index in [2.05, 4.69) is 5.43 Å². The van der Waals surface area contributed by atoms with Crippen molar-refractivity contribution < 1.29 is 27.4 Å². The minimum absolute atomic E-state index is 0.183. The molecule has 0 fully saturated rings. The number of methoxy groups -OCH3 is 4. The van der Waals surface area contributed by atoms with E-state index < -0.39 is 16.1 Å². The second-order valence-corrected chi connectivity index (χ2v) is 9.75. The number of nitrogens with zero attached hydrogens (tertiary/aromatic N) is 1. The van der Waals surface area contributed by atoms with E-state index in [4.69, 9.17) is 18.9 Å². The molecule has 4 rings (SSSR count). The largest absolute Gasteiger partial charge is 0.493 e. The molecule has 0 bridgehead atoms. The van der Waals surface area contributed by atoms with Gasteiger partial charge in [0.1, 0.15) is 0 Å². The van der Waals surface area contributed by atoms with Gasteiger partial charge in [0.15, 0.2) is 23.0 Å². The number of hydrazine groups is 1. The van der Waals surface area contributed by atoms with Gasteiger partial charge in [-0.15, -0.1) is 4.41 Å². The molecule has 1 aliphatic rings. The Hall–Kier alpha value is -3.69. The average molecular weight is 497 g/mol. The molecule has 0 saturated heterocycles. The molecule has 3 aromatic rings. The van der Waals surface area contributed by atoms with E-state index in [0.29, 0.717) is 34.3 Å². The summed E-state index contributed by atoms with van der Waals surface area (Å²) in [6.07, 6.45) is 1.86. The van der Waals surface area contributed by atoms with Crippen LogP contribution in [-0.4, -0.2) is 41.3 Å². The van der Waals surface area contributed by atoms with Crippen LogP contribution in [0.1, 0.15) is 22.7 Å². The van der Waals surface area contributed by atoms with Gasteiger partial charge in [-0.1, -0.05) is 23.8 Å². The summed E-state index contributed by atoms with van der Waals surface area (Å²) in [6.45, 7) is 1.91. The average Bonchev–Trinajstić information content (AvgIpc) is 3.34. The number of ether oxygens (including phenoxy) is 4. The number of hydrogen-bond donors (Lipinski definition) is 1. The zero-order chi connectivity index (χ0) is 25.2. The van der Waals surface area contributed by atoms with Crippen molar-refractivity contribution in [2.24, 2.45) is 0 Å². The Bertz CT molecular complexity index is 1350. The van der Waals surface area contributed by atoms with E-state index in [1.807, 2.05) is 25.1 Å². The van der Waals surface area contributed by atoms with Crippen LogP contribution in [0.5, 0.6) is 23.0 Å². The Kier molecular flexibility index (Phi) is 6.90. The van der Waals surface area contributed by atoms with Gasteiger partial charge in [-0.05, 0) is 61.0 Å². The first-order valence-corrected chi connectivity index (χ1v) is 12.3. The fraction of sp³-hybridized carbons (Fsp3) is 0.231. The smallest absolute Gasteiger partial charge is 0.260 e. The summed E-state index contributed by atoms with van der Waals surface area (Å²) in [5.74, 6) is 2.18. The highest BCUT2D eigenvalue weighted by Crippen LogP contribution is 2.40. The number of aryl methyl sites for hydroxylation is 1. The summed E-state index contributed by atoms with van der Waals surface area (Å²) >= 11 is 0. The quantitative estimate of drug-likeness (QED) is 0.497. The second kappa shape index (κ2) is 9.89. The highest BCUT2D eigenvalue weighted by molar-refractivity contribution is 7.89. The topological polar surface area (TPSA) is 86.3 Å². The normalized spacial score (nSPS) is 15.8. The highest BCUT2D eigenvalue weighted by atomic mass is 32.2. The maximum absolute atomic E-state index is 13.7. The maximum Gasteiger partial charge on any atom is 0.260 e. The number of hydrogen-bond acceptors (Lipinski definition) is 7. The number of sulfonamides is 1. The SMILES string of the molecule is COc1ccc(C2=C[C@H](c3ccc(OC)c(OC)c3)N(S(=O)(=O)c3ccc(C)cc3)N2)cc1OC. The lowest BCUT2D eigenvalue weighted by Crippen LogP contribution is -2.39. The maximum atomic E-state index is 13.7. The molecule has 35 heavy (non-hydrogen) atoms. The Labute approximate surface area is 205 Å². The fourth-order valence-corrected chi connectivity index (χ4v) is 5.32. The second-order valence-electron chi connectivity index (χ2n) is 7.94. The van der Waals surface area contributed by atoms with Crippen LogP contribution in [0.4, 0.5) is 0 Å². The van der Waals surface area contributed by atoms with Crippen molar-refractivity contribution in [2.75, 3.05) is 28.4 Å². The molecule has 8 nitrogen and oxygen atoms in total. The Balaban J connectivity index is 1.82. The predicted octanol–water partition coefficient (Wildman–Crippen LogP) is 4.32. The van der Waals surface area contributed by atoms with Crippen molar-refractivity contribution in [3.63, 3.8) is 0 Å². The third-order valence-electron chi connectivity index (χ3n) is 5.83. The Morgan fingerprint density at radius 2 is 1.31 bits per heavy atom. The first-order chi connectivity index (χ1) is 16.8. The van der Waals surface area contributed by atoms with E-state index in [1.54, 1.807) is 77.0 Å². The minimum Gasteiger partial charge on any atom is -0.493 e. The summed E-state index contributed by atoms with van der Waals surface area (Å²) in [6, 6.07) is 16.9. The van der Waals surface area contributed by atoms with Gasteiger partial charge in [0, 0.05) is 5.56 Å². The van der Waals surface area contributed by atoms with Crippen LogP contribution in [0.15, 0.2) is 71.6 Å². The van der Waals surface area contributed by atoms with E-state index in [-0.39, 0.29) is 4.90 Å². The van der Waals surface area contributed by atoms with Gasteiger partial charge in [-0.25, -0.2) is 8.42 Å². The molecule has 0 spiro atoms. The number of nitrogens with one attached hydrogen (secondary N) is 1. The summed E-state index contributed by atoms with van der Waals surface area (Å²) < 4.78 is 50.3. The molecular formula is C26H28N2O6S. The van der Waals surface area contributed by atoms with Crippen LogP contribution >= 0.6 is 0 Å². The monoisotopic (exact) mass is 496 g/mol. The van der Waals surface area contributed by atoms with Crippen molar-refractivity contribution in [1.82, 2.24) is 9.84 Å². The van der Waals surface area contributed by atoms with E-state index in [0.717, 1.165) is 11.1 Å². The number of rotatable bonds is 8. The standard InChI is InChI=1S/C26H28N2O6S/c1-17-6-10-20(11-7-17)35(29,30)28-22(19-9-13-24(32-3)26(15-19)34-5)16-21(27-28)18-8-12-23(31-2)25(14-18)33-4/h6-16,22,27H,1-5H3/t22-/m1/s1. The molecule has 3 aromatic carbocycles. The van der Waals surface area contributed by atoms with Crippen LogP contribution in [-0.2, 0) is 10.0 Å². The van der Waals surface area contributed by atoms with Gasteiger partial charge in [-0.3, -0.25) is 0 Å². The zero-order valence-electron chi connectivity index (χ0n) is 20.2. The summed E-state index contributed by atoms with van der Waals surface area (Å²) in [5.41, 5.74) is 6.14. The van der Waals surface area contributed by atoms with Gasteiger partial charge >= 0.3 is 0 Å². The predicted molar refractivity (Wildman–Crippen MR) is 133 cm³/mol. The Morgan fingerprint density at radius 3 is 1.91 bits per heavy atom. The van der Waals surface area contributed by atoms with Gasteiger partial charge < -0.3 is 24.4 Å². The van der Waals surface area contributed by atoms with E-state index in [9.17, 15) is 8.42 Å². The lowest BCUT2D eigenvalue weighted by atomic mass is 10.0. The van der Waals surface area contributed by atoms with Crippen LogP contribution in [0.2, 0.25) is 0 Å². The van der Waals surface area contributed by atoms with E-state index >= 15 is 0 Å². The van der Waals surface area contributed by atoms with Crippen LogP contribution in [0.25, 0.3) is 5.70 Å². The molecule has 0 radical (unpaired) electrons. The van der Waals surface area contributed by atoms with Gasteiger partial charge in [0.25, 0.3) is 10.0 Å². The molecule has 1 aliphatic heterocycles. The molecule has 0 aromatic heterocycles. The number of benzene rings is 3. The van der Waals surface area contributed by atoms with Crippen molar-refractivity contribution in [3.8, 4) is 23.0 Å². The van der Waals surface area contributed by atoms with Crippen LogP contribution in [0.3, 0.4) is 0 Å². The molecule has 9 heteroatoms. The molecule has 0 amide bonds. The molecule has 1 N–H and O–H groups in total. The molecule has 0 aliphatic carbocycles. The fourth-order valence-electron chi connectivity index (χ4n) is 3.92. The third kappa shape index (κ3) is 4.65. The molecule has 0 saturated carbocycles. The van der Waals surface area contributed by atoms with Crippen molar-refractivity contribution >= 4 is 15.7 Å². The highest BCUT2D eigenvalue weighted by Gasteiger charge is 2.37. The van der Waals surface area contributed by atoms with Crippen LogP contribution < -0.4 is 24.4 Å². The Morgan fingerprint density at radius 1 is 0.743 bits per heavy atom. The van der Waals surface area contributed by atoms with Gasteiger partial charge in [0.2, 0.25) is 0 Å². The molecule has 0 unspecified atom stereocenters. The van der Waals surface area contributed by atoms with Crippen molar-refractivity contribution in [3.05, 3.63) is 83.4 Å². The van der Waals surface area contributed by atoms with Gasteiger partial charge in [0.05, 0.1) is 45.1 Å². The lowest BCUT2D eigenvalue weighted by molar-refractivity contribution is 0.340. The lowest BCUT2D eigenvalue weighted by Gasteiger charge is -2.25. The summed E-state index contributed by atoms with van der Waals surface area (Å²) in [4.78, 5) is 0.183. The third-order valence-corrected chi connectivity index (χ3v) is 7.53. The first-order valence-electron chi connectivity index (χ1n) is 10.9. The molecule has 184 valence electrons. The minimum atomic E-state index is -3.92. The first kappa shape index (κ1) is 24.4. The summed E-state index contributed by atoms with van der Waals surface area (Å²) in [5, 5.41) is 0. The van der Waals surface area contributed by atoms with Crippen LogP contribution in [0, 0.1) is 6.92 Å². The van der Waals surface area contributed by atoms with Crippen molar-refractivity contribution in [1.29, 1.82) is 0 Å².